The van der Waals surface area contributed by atoms with Gasteiger partial charge in [0.05, 0.1) is 0 Å². The van der Waals surface area contributed by atoms with E-state index in [9.17, 15) is 18.0 Å². The smallest absolute Gasteiger partial charge is 0.334 e. The molecule has 2 fully saturated rings. The summed E-state index contributed by atoms with van der Waals surface area (Å²) in [5, 5.41) is 3.12. The minimum absolute atomic E-state index is 0.0291. The van der Waals surface area contributed by atoms with Gasteiger partial charge < -0.3 is 10.2 Å². The number of nitrogens with zero attached hydrogens (tertiary/aromatic N) is 1. The molecule has 2 atom stereocenters. The van der Waals surface area contributed by atoms with Crippen molar-refractivity contribution in [2.24, 2.45) is 0 Å². The number of amides is 1. The quantitative estimate of drug-likeness (QED) is 0.715. The molecular formula is C9H13F3N2O. The molecule has 1 N–H and O–H groups in total. The predicted octanol–water partition coefficient (Wildman–Crippen LogP) is 0.902. The predicted molar refractivity (Wildman–Crippen MR) is 47.2 cm³/mol. The van der Waals surface area contributed by atoms with Crippen LogP contribution < -0.4 is 5.32 Å². The Kier molecular flexibility index (Phi) is 2.62. The largest absolute Gasteiger partial charge is 0.397 e. The van der Waals surface area contributed by atoms with E-state index in [-0.39, 0.29) is 12.1 Å². The Balaban J connectivity index is 2.01. The summed E-state index contributed by atoms with van der Waals surface area (Å²) in [6.45, 7) is 1.25. The molecule has 2 heterocycles. The third-order valence-electron chi connectivity index (χ3n) is 3.02. The van der Waals surface area contributed by atoms with E-state index in [0.29, 0.717) is 13.1 Å². The Morgan fingerprint density at radius 1 is 1.27 bits per heavy atom. The lowest BCUT2D eigenvalue weighted by Crippen LogP contribution is -2.54. The van der Waals surface area contributed by atoms with Crippen LogP contribution in [0.25, 0.3) is 0 Å². The zero-order chi connectivity index (χ0) is 11.1. The summed E-state index contributed by atoms with van der Waals surface area (Å²) in [7, 11) is 0. The zero-order valence-corrected chi connectivity index (χ0v) is 8.18. The number of rotatable bonds is 1. The first-order valence-corrected chi connectivity index (χ1v) is 5.06. The van der Waals surface area contributed by atoms with E-state index >= 15 is 0 Å². The fraction of sp³-hybridized carbons (Fsp3) is 0.889. The number of carbonyl (C=O) groups is 1. The van der Waals surface area contributed by atoms with Gasteiger partial charge in [-0.05, 0) is 12.8 Å². The van der Waals surface area contributed by atoms with E-state index in [1.54, 1.807) is 0 Å². The number of nitrogens with one attached hydrogen (secondary N) is 1. The molecule has 2 aliphatic heterocycles. The highest BCUT2D eigenvalue weighted by Gasteiger charge is 2.43. The van der Waals surface area contributed by atoms with Gasteiger partial charge in [0.1, 0.15) is 6.42 Å². The van der Waals surface area contributed by atoms with Crippen molar-refractivity contribution in [1.29, 1.82) is 0 Å². The monoisotopic (exact) mass is 222 g/mol. The molecule has 2 saturated heterocycles. The second kappa shape index (κ2) is 3.66. The number of alkyl halides is 3. The number of hydrogen-bond acceptors (Lipinski definition) is 2. The van der Waals surface area contributed by atoms with Gasteiger partial charge in [0, 0.05) is 25.2 Å². The van der Waals surface area contributed by atoms with Crippen LogP contribution in [0.3, 0.4) is 0 Å². The van der Waals surface area contributed by atoms with Gasteiger partial charge >= 0.3 is 6.18 Å². The van der Waals surface area contributed by atoms with Crippen molar-refractivity contribution in [2.75, 3.05) is 13.1 Å². The van der Waals surface area contributed by atoms with E-state index in [0.717, 1.165) is 12.8 Å². The number of piperazine rings is 1. The van der Waals surface area contributed by atoms with Crippen LogP contribution in [0.2, 0.25) is 0 Å². The van der Waals surface area contributed by atoms with Crippen LogP contribution in [-0.2, 0) is 4.79 Å². The summed E-state index contributed by atoms with van der Waals surface area (Å²) in [5.74, 6) is -0.767. The third-order valence-corrected chi connectivity index (χ3v) is 3.02. The summed E-state index contributed by atoms with van der Waals surface area (Å²) >= 11 is 0. The minimum Gasteiger partial charge on any atom is -0.334 e. The first-order valence-electron chi connectivity index (χ1n) is 5.06. The van der Waals surface area contributed by atoms with Crippen LogP contribution in [0.4, 0.5) is 13.2 Å². The fourth-order valence-corrected chi connectivity index (χ4v) is 2.45. The van der Waals surface area contributed by atoms with Gasteiger partial charge in [0.25, 0.3) is 0 Å². The third kappa shape index (κ3) is 2.25. The number of fused-ring (bicyclic) bond motifs is 2. The van der Waals surface area contributed by atoms with Crippen LogP contribution >= 0.6 is 0 Å². The van der Waals surface area contributed by atoms with Crippen LogP contribution in [0.1, 0.15) is 19.3 Å². The molecule has 2 bridgehead atoms. The first kappa shape index (κ1) is 10.7. The Morgan fingerprint density at radius 2 is 1.80 bits per heavy atom. The van der Waals surface area contributed by atoms with Crippen molar-refractivity contribution in [2.45, 2.75) is 37.5 Å². The van der Waals surface area contributed by atoms with Gasteiger partial charge in [-0.15, -0.1) is 0 Å². The maximum Gasteiger partial charge on any atom is 0.397 e. The summed E-state index contributed by atoms with van der Waals surface area (Å²) in [5.41, 5.74) is 0. The molecule has 86 valence electrons. The second-order valence-corrected chi connectivity index (χ2v) is 4.14. The SMILES string of the molecule is O=C(CC(F)(F)F)N1C2CCC1CNC2. The normalized spacial score (nSPS) is 30.7. The molecule has 3 nitrogen and oxygen atoms in total. The summed E-state index contributed by atoms with van der Waals surface area (Å²) in [6.07, 6.45) is -4.07. The van der Waals surface area contributed by atoms with E-state index in [4.69, 9.17) is 0 Å². The van der Waals surface area contributed by atoms with Crippen LogP contribution in [0, 0.1) is 0 Å². The average molecular weight is 222 g/mol. The lowest BCUT2D eigenvalue weighted by Gasteiger charge is -2.35. The molecule has 2 rings (SSSR count). The maximum atomic E-state index is 12.1. The summed E-state index contributed by atoms with van der Waals surface area (Å²) in [4.78, 5) is 12.9. The molecule has 0 saturated carbocycles. The van der Waals surface area contributed by atoms with E-state index in [1.165, 1.54) is 4.90 Å². The Hall–Kier alpha value is -0.780. The molecule has 0 spiro atoms. The molecule has 1 amide bonds. The fourth-order valence-electron chi connectivity index (χ4n) is 2.45. The molecule has 15 heavy (non-hydrogen) atoms. The molecule has 0 aromatic rings. The Morgan fingerprint density at radius 3 is 2.27 bits per heavy atom. The summed E-state index contributed by atoms with van der Waals surface area (Å²) < 4.78 is 36.2. The highest BCUT2D eigenvalue weighted by molar-refractivity contribution is 5.78. The van der Waals surface area contributed by atoms with Gasteiger partial charge in [-0.3, -0.25) is 4.79 Å². The van der Waals surface area contributed by atoms with E-state index in [1.807, 2.05) is 0 Å². The lowest BCUT2D eigenvalue weighted by molar-refractivity contribution is -0.164. The number of carbonyl (C=O) groups excluding carboxylic acids is 1. The molecule has 2 aliphatic rings. The molecule has 0 aromatic carbocycles. The van der Waals surface area contributed by atoms with E-state index < -0.39 is 18.5 Å². The standard InChI is InChI=1S/C9H13F3N2O/c10-9(11,12)3-8(15)14-6-1-2-7(14)5-13-4-6/h6-7,13H,1-5H2. The molecule has 6 heteroatoms. The minimum atomic E-state index is -4.39. The Bertz CT molecular complexity index is 251. The maximum absolute atomic E-state index is 12.1. The number of halogens is 3. The zero-order valence-electron chi connectivity index (χ0n) is 8.18. The topological polar surface area (TPSA) is 32.3 Å². The van der Waals surface area contributed by atoms with Crippen molar-refractivity contribution >= 4 is 5.91 Å². The van der Waals surface area contributed by atoms with Gasteiger partial charge in [0.2, 0.25) is 5.91 Å². The molecule has 2 unspecified atom stereocenters. The highest BCUT2D eigenvalue weighted by atomic mass is 19.4. The Labute approximate surface area is 85.6 Å². The van der Waals surface area contributed by atoms with Crippen molar-refractivity contribution in [3.63, 3.8) is 0 Å². The van der Waals surface area contributed by atoms with Gasteiger partial charge in [-0.1, -0.05) is 0 Å². The lowest BCUT2D eigenvalue weighted by atomic mass is 10.2. The molecule has 0 aromatic heterocycles. The molecule has 0 radical (unpaired) electrons. The van der Waals surface area contributed by atoms with Crippen LogP contribution in [0.5, 0.6) is 0 Å². The average Bonchev–Trinajstić information content (AvgIpc) is 2.34. The van der Waals surface area contributed by atoms with Crippen LogP contribution in [0.15, 0.2) is 0 Å². The summed E-state index contributed by atoms with van der Waals surface area (Å²) in [6, 6.07) is -0.0581. The van der Waals surface area contributed by atoms with Gasteiger partial charge in [-0.2, -0.15) is 13.2 Å². The van der Waals surface area contributed by atoms with Crippen molar-refractivity contribution in [1.82, 2.24) is 10.2 Å². The van der Waals surface area contributed by atoms with Crippen LogP contribution in [-0.4, -0.2) is 42.2 Å². The highest BCUT2D eigenvalue weighted by Crippen LogP contribution is 2.30. The number of hydrogen-bond donors (Lipinski definition) is 1. The van der Waals surface area contributed by atoms with Gasteiger partial charge in [0.15, 0.2) is 0 Å². The van der Waals surface area contributed by atoms with Gasteiger partial charge in [-0.25, -0.2) is 0 Å². The molecular weight excluding hydrogens is 209 g/mol. The first-order chi connectivity index (χ1) is 6.97. The molecule has 0 aliphatic carbocycles. The van der Waals surface area contributed by atoms with Crippen molar-refractivity contribution in [3.05, 3.63) is 0 Å². The van der Waals surface area contributed by atoms with Crippen molar-refractivity contribution in [3.8, 4) is 0 Å². The van der Waals surface area contributed by atoms with Crippen molar-refractivity contribution < 1.29 is 18.0 Å². The van der Waals surface area contributed by atoms with E-state index in [2.05, 4.69) is 5.32 Å². The second-order valence-electron chi connectivity index (χ2n) is 4.14.